The number of carboxylic acids is 1. The number of carbonyl (C=O) groups is 1. The lowest BCUT2D eigenvalue weighted by Gasteiger charge is -2.30. The Labute approximate surface area is 120 Å². The minimum Gasteiger partial charge on any atom is -0.476 e. The Bertz CT molecular complexity index is 482. The molecule has 5 nitrogen and oxygen atoms in total. The van der Waals surface area contributed by atoms with E-state index in [9.17, 15) is 9.90 Å². The molecule has 0 fully saturated rings. The van der Waals surface area contributed by atoms with Crippen molar-refractivity contribution in [1.82, 2.24) is 9.97 Å². The van der Waals surface area contributed by atoms with Gasteiger partial charge in [-0.3, -0.25) is 0 Å². The predicted octanol–water partition coefficient (Wildman–Crippen LogP) is 3.39. The molecule has 0 aromatic carbocycles. The number of rotatable bonds is 6. The summed E-state index contributed by atoms with van der Waals surface area (Å²) in [6.45, 7) is 13.2. The summed E-state index contributed by atoms with van der Waals surface area (Å²) in [5.74, 6) is 0.114. The Morgan fingerprint density at radius 2 is 1.95 bits per heavy atom. The molecule has 0 radical (unpaired) electrons. The smallest absolute Gasteiger partial charge is 0.356 e. The van der Waals surface area contributed by atoms with Crippen molar-refractivity contribution in [1.29, 1.82) is 0 Å². The van der Waals surface area contributed by atoms with E-state index in [4.69, 9.17) is 0 Å². The first kappa shape index (κ1) is 16.4. The average molecular weight is 279 g/mol. The van der Waals surface area contributed by atoms with Gasteiger partial charge in [-0.05, 0) is 11.3 Å². The van der Waals surface area contributed by atoms with Crippen molar-refractivity contribution in [3.8, 4) is 0 Å². The molecular formula is C15H25N3O2. The van der Waals surface area contributed by atoms with E-state index < -0.39 is 5.97 Å². The quantitative estimate of drug-likeness (QED) is 0.834. The fourth-order valence-corrected chi connectivity index (χ4v) is 1.49. The molecule has 0 amide bonds. The molecule has 0 bridgehead atoms. The Hall–Kier alpha value is -1.65. The van der Waals surface area contributed by atoms with Gasteiger partial charge in [0.15, 0.2) is 5.69 Å². The highest BCUT2D eigenvalue weighted by molar-refractivity contribution is 5.91. The van der Waals surface area contributed by atoms with Crippen LogP contribution in [0.2, 0.25) is 0 Å². The zero-order valence-corrected chi connectivity index (χ0v) is 13.2. The highest BCUT2D eigenvalue weighted by atomic mass is 16.4. The lowest BCUT2D eigenvalue weighted by Crippen LogP contribution is -2.29. The molecule has 0 unspecified atom stereocenters. The van der Waals surface area contributed by atoms with Gasteiger partial charge in [0.2, 0.25) is 0 Å². The number of nitrogens with one attached hydrogen (secondary N) is 1. The third-order valence-electron chi connectivity index (χ3n) is 3.82. The summed E-state index contributed by atoms with van der Waals surface area (Å²) < 4.78 is 0. The van der Waals surface area contributed by atoms with Crippen LogP contribution in [-0.4, -0.2) is 27.6 Å². The Morgan fingerprint density at radius 1 is 1.35 bits per heavy atom. The van der Waals surface area contributed by atoms with Crippen molar-refractivity contribution in [2.45, 2.75) is 47.5 Å². The van der Waals surface area contributed by atoms with E-state index in [1.165, 1.54) is 0 Å². The van der Waals surface area contributed by atoms with E-state index in [1.807, 2.05) is 13.8 Å². The van der Waals surface area contributed by atoms with Crippen LogP contribution in [0.3, 0.4) is 0 Å². The lowest BCUT2D eigenvalue weighted by atomic mass is 9.81. The fourth-order valence-electron chi connectivity index (χ4n) is 1.49. The van der Waals surface area contributed by atoms with Crippen LogP contribution in [0.4, 0.5) is 5.69 Å². The third-order valence-corrected chi connectivity index (χ3v) is 3.82. The van der Waals surface area contributed by atoms with Crippen molar-refractivity contribution >= 4 is 11.7 Å². The standard InChI is InChI=1S/C15H25N3O2/c1-9(2)13-16-7-11(12(18-13)14(19)20)17-8-15(5,6)10(3)4/h7,9-10,17H,8H2,1-6H3,(H,19,20). The second-order valence-electron chi connectivity index (χ2n) is 6.45. The van der Waals surface area contributed by atoms with Crippen molar-refractivity contribution in [2.75, 3.05) is 11.9 Å². The number of aromatic nitrogens is 2. The van der Waals surface area contributed by atoms with Crippen LogP contribution in [-0.2, 0) is 0 Å². The molecule has 0 saturated heterocycles. The van der Waals surface area contributed by atoms with Gasteiger partial charge in [0.25, 0.3) is 0 Å². The first-order valence-electron chi connectivity index (χ1n) is 6.99. The molecule has 20 heavy (non-hydrogen) atoms. The third kappa shape index (κ3) is 3.92. The topological polar surface area (TPSA) is 75.1 Å². The zero-order chi connectivity index (χ0) is 15.5. The SMILES string of the molecule is CC(C)c1ncc(NCC(C)(C)C(C)C)c(C(=O)O)n1. The number of hydrogen-bond acceptors (Lipinski definition) is 4. The molecule has 0 atom stereocenters. The van der Waals surface area contributed by atoms with E-state index in [0.717, 1.165) is 0 Å². The highest BCUT2D eigenvalue weighted by Gasteiger charge is 2.23. The molecule has 1 rings (SSSR count). The monoisotopic (exact) mass is 279 g/mol. The summed E-state index contributed by atoms with van der Waals surface area (Å²) >= 11 is 0. The maximum absolute atomic E-state index is 11.3. The summed E-state index contributed by atoms with van der Waals surface area (Å²) in [7, 11) is 0. The van der Waals surface area contributed by atoms with Gasteiger partial charge in [-0.1, -0.05) is 41.5 Å². The molecule has 5 heteroatoms. The number of anilines is 1. The van der Waals surface area contributed by atoms with Gasteiger partial charge < -0.3 is 10.4 Å². The molecule has 0 aliphatic heterocycles. The molecule has 0 saturated carbocycles. The van der Waals surface area contributed by atoms with E-state index in [2.05, 4.69) is 43.0 Å². The van der Waals surface area contributed by atoms with Crippen LogP contribution in [0.15, 0.2) is 6.20 Å². The second kappa shape index (κ2) is 6.20. The van der Waals surface area contributed by atoms with Crippen molar-refractivity contribution in [3.63, 3.8) is 0 Å². The number of carboxylic acid groups (broad SMARTS) is 1. The molecular weight excluding hydrogens is 254 g/mol. The van der Waals surface area contributed by atoms with Crippen LogP contribution in [0.1, 0.15) is 63.8 Å². The Kier molecular flexibility index (Phi) is 5.09. The van der Waals surface area contributed by atoms with Gasteiger partial charge >= 0.3 is 5.97 Å². The first-order chi connectivity index (χ1) is 9.15. The Balaban J connectivity index is 2.98. The summed E-state index contributed by atoms with van der Waals surface area (Å²) in [4.78, 5) is 19.7. The first-order valence-corrected chi connectivity index (χ1v) is 6.99. The molecule has 0 aliphatic carbocycles. The number of aromatic carboxylic acids is 1. The van der Waals surface area contributed by atoms with Gasteiger partial charge in [-0.15, -0.1) is 0 Å². The predicted molar refractivity (Wildman–Crippen MR) is 80.2 cm³/mol. The summed E-state index contributed by atoms with van der Waals surface area (Å²) in [5, 5.41) is 12.5. The lowest BCUT2D eigenvalue weighted by molar-refractivity contribution is 0.0691. The molecule has 1 heterocycles. The van der Waals surface area contributed by atoms with Gasteiger partial charge in [0.1, 0.15) is 5.82 Å². The van der Waals surface area contributed by atoms with Crippen LogP contribution in [0.25, 0.3) is 0 Å². The van der Waals surface area contributed by atoms with E-state index in [1.54, 1.807) is 6.20 Å². The van der Waals surface area contributed by atoms with E-state index in [0.29, 0.717) is 24.0 Å². The zero-order valence-electron chi connectivity index (χ0n) is 13.2. The number of hydrogen-bond donors (Lipinski definition) is 2. The normalized spacial score (nSPS) is 12.0. The Morgan fingerprint density at radius 3 is 2.40 bits per heavy atom. The molecule has 1 aromatic rings. The number of nitrogens with zero attached hydrogens (tertiary/aromatic N) is 2. The minimum atomic E-state index is -1.03. The van der Waals surface area contributed by atoms with E-state index in [-0.39, 0.29) is 17.0 Å². The van der Waals surface area contributed by atoms with Crippen molar-refractivity contribution < 1.29 is 9.90 Å². The summed E-state index contributed by atoms with van der Waals surface area (Å²) in [6, 6.07) is 0. The molecule has 1 aromatic heterocycles. The molecule has 112 valence electrons. The van der Waals surface area contributed by atoms with Gasteiger partial charge in [0.05, 0.1) is 11.9 Å². The average Bonchev–Trinajstić information content (AvgIpc) is 2.35. The van der Waals surface area contributed by atoms with E-state index >= 15 is 0 Å². The second-order valence-corrected chi connectivity index (χ2v) is 6.45. The van der Waals surface area contributed by atoms with Crippen LogP contribution >= 0.6 is 0 Å². The largest absolute Gasteiger partial charge is 0.476 e. The van der Waals surface area contributed by atoms with Gasteiger partial charge in [0, 0.05) is 12.5 Å². The fraction of sp³-hybridized carbons (Fsp3) is 0.667. The van der Waals surface area contributed by atoms with Crippen LogP contribution < -0.4 is 5.32 Å². The molecule has 2 N–H and O–H groups in total. The van der Waals surface area contributed by atoms with Gasteiger partial charge in [-0.25, -0.2) is 14.8 Å². The maximum Gasteiger partial charge on any atom is 0.356 e. The van der Waals surface area contributed by atoms with Crippen molar-refractivity contribution in [3.05, 3.63) is 17.7 Å². The minimum absolute atomic E-state index is 0.0447. The summed E-state index contributed by atoms with van der Waals surface area (Å²) in [6.07, 6.45) is 1.57. The van der Waals surface area contributed by atoms with Gasteiger partial charge in [-0.2, -0.15) is 0 Å². The summed E-state index contributed by atoms with van der Waals surface area (Å²) in [5.41, 5.74) is 0.589. The van der Waals surface area contributed by atoms with Crippen LogP contribution in [0.5, 0.6) is 0 Å². The maximum atomic E-state index is 11.3. The molecule has 0 aliphatic rings. The van der Waals surface area contributed by atoms with Crippen LogP contribution in [0, 0.1) is 11.3 Å². The highest BCUT2D eigenvalue weighted by Crippen LogP contribution is 2.27. The van der Waals surface area contributed by atoms with Crippen molar-refractivity contribution in [2.24, 2.45) is 11.3 Å². The molecule has 0 spiro atoms.